The molecular formula is C16H22ClN3O4. The average Bonchev–Trinajstić information content (AvgIpc) is 2.58. The van der Waals surface area contributed by atoms with Crippen LogP contribution in [0.2, 0.25) is 5.02 Å². The second-order valence-corrected chi connectivity index (χ2v) is 5.24. The average molecular weight is 356 g/mol. The molecule has 132 valence electrons. The number of halogens is 1. The number of amides is 2. The lowest BCUT2D eigenvalue weighted by Gasteiger charge is -2.12. The molecule has 0 aliphatic rings. The van der Waals surface area contributed by atoms with Crippen LogP contribution in [0.25, 0.3) is 0 Å². The molecule has 0 unspecified atom stereocenters. The fourth-order valence-electron chi connectivity index (χ4n) is 1.69. The number of hydrogen-bond acceptors (Lipinski definition) is 5. The van der Waals surface area contributed by atoms with Gasteiger partial charge >= 0.3 is 11.8 Å². The number of nitrogens with one attached hydrogen (secondary N) is 2. The lowest BCUT2D eigenvalue weighted by molar-refractivity contribution is -0.139. The normalized spacial score (nSPS) is 10.5. The molecule has 2 N–H and O–H groups in total. The summed E-state index contributed by atoms with van der Waals surface area (Å²) in [6.07, 6.45) is 2.95. The maximum Gasteiger partial charge on any atom is 0.329 e. The Morgan fingerprint density at radius 3 is 2.62 bits per heavy atom. The van der Waals surface area contributed by atoms with Crippen molar-refractivity contribution in [1.29, 1.82) is 0 Å². The lowest BCUT2D eigenvalue weighted by Crippen LogP contribution is -2.38. The van der Waals surface area contributed by atoms with Crippen LogP contribution in [0.15, 0.2) is 17.2 Å². The molecular weight excluding hydrogens is 334 g/mol. The van der Waals surface area contributed by atoms with Gasteiger partial charge in [-0.05, 0) is 30.5 Å². The Kier molecular flexibility index (Phi) is 8.64. The van der Waals surface area contributed by atoms with E-state index in [0.29, 0.717) is 35.2 Å². The van der Waals surface area contributed by atoms with Crippen molar-refractivity contribution in [2.24, 2.45) is 5.10 Å². The molecule has 0 aliphatic carbocycles. The van der Waals surface area contributed by atoms with Crippen molar-refractivity contribution < 1.29 is 19.1 Å². The first-order valence-corrected chi connectivity index (χ1v) is 8.02. The van der Waals surface area contributed by atoms with Crippen molar-refractivity contribution in [3.63, 3.8) is 0 Å². The van der Waals surface area contributed by atoms with E-state index in [-0.39, 0.29) is 0 Å². The Balaban J connectivity index is 2.75. The molecule has 0 saturated carbocycles. The second-order valence-electron chi connectivity index (χ2n) is 4.84. The third-order valence-electron chi connectivity index (χ3n) is 2.82. The molecule has 0 saturated heterocycles. The van der Waals surface area contributed by atoms with Crippen LogP contribution in [0.4, 0.5) is 0 Å². The zero-order valence-corrected chi connectivity index (χ0v) is 14.8. The van der Waals surface area contributed by atoms with Crippen LogP contribution >= 0.6 is 11.6 Å². The van der Waals surface area contributed by atoms with E-state index >= 15 is 0 Å². The van der Waals surface area contributed by atoms with Crippen LogP contribution in [0.5, 0.6) is 11.5 Å². The van der Waals surface area contributed by atoms with Gasteiger partial charge in [-0.25, -0.2) is 5.43 Å². The van der Waals surface area contributed by atoms with E-state index in [1.165, 1.54) is 13.3 Å². The molecule has 0 heterocycles. The van der Waals surface area contributed by atoms with E-state index < -0.39 is 11.8 Å². The number of carbonyl (C=O) groups is 2. The standard InChI is InChI=1S/C16H22ClN3O4/c1-4-6-18-15(21)16(22)20-19-10-11-8-12(17)14(24-7-5-2)13(9-11)23-3/h8-10H,4-7H2,1-3H3,(H,18,21)(H,20,22)/b19-10-. The Hall–Kier alpha value is -2.28. The minimum atomic E-state index is -0.833. The van der Waals surface area contributed by atoms with E-state index in [0.717, 1.165) is 12.8 Å². The van der Waals surface area contributed by atoms with Crippen molar-refractivity contribution in [2.45, 2.75) is 26.7 Å². The molecule has 2 amide bonds. The fourth-order valence-corrected chi connectivity index (χ4v) is 1.97. The number of rotatable bonds is 8. The summed E-state index contributed by atoms with van der Waals surface area (Å²) in [5.74, 6) is -0.640. The van der Waals surface area contributed by atoms with Gasteiger partial charge < -0.3 is 14.8 Å². The van der Waals surface area contributed by atoms with Gasteiger partial charge in [0, 0.05) is 6.54 Å². The number of methoxy groups -OCH3 is 1. The van der Waals surface area contributed by atoms with Crippen LogP contribution in [0.1, 0.15) is 32.3 Å². The van der Waals surface area contributed by atoms with E-state index in [4.69, 9.17) is 21.1 Å². The van der Waals surface area contributed by atoms with Gasteiger partial charge in [-0.2, -0.15) is 5.10 Å². The van der Waals surface area contributed by atoms with Crippen molar-refractivity contribution >= 4 is 29.6 Å². The van der Waals surface area contributed by atoms with E-state index in [1.807, 2.05) is 13.8 Å². The third kappa shape index (κ3) is 6.08. The first-order chi connectivity index (χ1) is 11.5. The predicted octanol–water partition coefficient (Wildman–Crippen LogP) is 2.11. The molecule has 8 heteroatoms. The smallest absolute Gasteiger partial charge is 0.329 e. The zero-order valence-electron chi connectivity index (χ0n) is 14.0. The zero-order chi connectivity index (χ0) is 17.9. The van der Waals surface area contributed by atoms with E-state index in [1.54, 1.807) is 12.1 Å². The number of ether oxygens (including phenoxy) is 2. The minimum Gasteiger partial charge on any atom is -0.493 e. The van der Waals surface area contributed by atoms with Crippen LogP contribution in [0, 0.1) is 0 Å². The van der Waals surface area contributed by atoms with Gasteiger partial charge in [-0.1, -0.05) is 25.4 Å². The topological polar surface area (TPSA) is 89.0 Å². The van der Waals surface area contributed by atoms with Crippen LogP contribution < -0.4 is 20.2 Å². The predicted molar refractivity (Wildman–Crippen MR) is 92.8 cm³/mol. The van der Waals surface area contributed by atoms with Crippen LogP contribution in [0.3, 0.4) is 0 Å². The molecule has 24 heavy (non-hydrogen) atoms. The van der Waals surface area contributed by atoms with E-state index in [2.05, 4.69) is 15.8 Å². The minimum absolute atomic E-state index is 0.372. The highest BCUT2D eigenvalue weighted by atomic mass is 35.5. The van der Waals surface area contributed by atoms with Crippen LogP contribution in [-0.4, -0.2) is 38.3 Å². The maximum atomic E-state index is 11.5. The number of hydrazone groups is 1. The van der Waals surface area contributed by atoms with Gasteiger partial charge in [0.2, 0.25) is 0 Å². The summed E-state index contributed by atoms with van der Waals surface area (Å²) in [6, 6.07) is 3.30. The highest BCUT2D eigenvalue weighted by Gasteiger charge is 2.12. The quantitative estimate of drug-likeness (QED) is 0.424. The van der Waals surface area contributed by atoms with Gasteiger partial charge in [-0.15, -0.1) is 0 Å². The SMILES string of the molecule is CCCNC(=O)C(=O)N/N=C\c1cc(Cl)c(OCCC)c(OC)c1. The van der Waals surface area contributed by atoms with Crippen LogP contribution in [-0.2, 0) is 9.59 Å². The monoisotopic (exact) mass is 355 g/mol. The van der Waals surface area contributed by atoms with Gasteiger partial charge in [0.25, 0.3) is 0 Å². The summed E-state index contributed by atoms with van der Waals surface area (Å²) in [6.45, 7) is 4.83. The Labute approximate surface area is 146 Å². The molecule has 1 aromatic carbocycles. The molecule has 0 aromatic heterocycles. The largest absolute Gasteiger partial charge is 0.493 e. The van der Waals surface area contributed by atoms with Gasteiger partial charge in [0.15, 0.2) is 11.5 Å². The van der Waals surface area contributed by atoms with Crippen molar-refractivity contribution in [3.8, 4) is 11.5 Å². The fraction of sp³-hybridized carbons (Fsp3) is 0.438. The second kappa shape index (κ2) is 10.5. The first kappa shape index (κ1) is 19.8. The van der Waals surface area contributed by atoms with Crippen molar-refractivity contribution in [1.82, 2.24) is 10.7 Å². The highest BCUT2D eigenvalue weighted by Crippen LogP contribution is 2.36. The molecule has 0 radical (unpaired) electrons. The molecule has 0 bridgehead atoms. The first-order valence-electron chi connectivity index (χ1n) is 7.65. The maximum absolute atomic E-state index is 11.5. The summed E-state index contributed by atoms with van der Waals surface area (Å²) in [4.78, 5) is 22.9. The molecule has 0 aliphatic heterocycles. The Bertz CT molecular complexity index is 605. The summed E-state index contributed by atoms with van der Waals surface area (Å²) in [5, 5.41) is 6.56. The third-order valence-corrected chi connectivity index (χ3v) is 3.10. The summed E-state index contributed by atoms with van der Waals surface area (Å²) in [7, 11) is 1.51. The van der Waals surface area contributed by atoms with Gasteiger partial charge in [-0.3, -0.25) is 9.59 Å². The highest BCUT2D eigenvalue weighted by molar-refractivity contribution is 6.35. The van der Waals surface area contributed by atoms with E-state index in [9.17, 15) is 9.59 Å². The number of benzene rings is 1. The molecule has 0 fully saturated rings. The molecule has 0 spiro atoms. The Morgan fingerprint density at radius 1 is 1.25 bits per heavy atom. The lowest BCUT2D eigenvalue weighted by atomic mass is 10.2. The summed E-state index contributed by atoms with van der Waals surface area (Å²) < 4.78 is 10.8. The Morgan fingerprint density at radius 2 is 2.00 bits per heavy atom. The van der Waals surface area contributed by atoms with Gasteiger partial charge in [0.1, 0.15) is 0 Å². The number of carbonyl (C=O) groups excluding carboxylic acids is 2. The summed E-state index contributed by atoms with van der Waals surface area (Å²) >= 11 is 6.18. The molecule has 7 nitrogen and oxygen atoms in total. The molecule has 0 atom stereocenters. The molecule has 1 rings (SSSR count). The number of nitrogens with zero attached hydrogens (tertiary/aromatic N) is 1. The van der Waals surface area contributed by atoms with Gasteiger partial charge in [0.05, 0.1) is 25.0 Å². The number of hydrogen-bond donors (Lipinski definition) is 2. The summed E-state index contributed by atoms with van der Waals surface area (Å²) in [5.41, 5.74) is 2.74. The van der Waals surface area contributed by atoms with Crippen molar-refractivity contribution in [2.75, 3.05) is 20.3 Å². The van der Waals surface area contributed by atoms with Crippen molar-refractivity contribution in [3.05, 3.63) is 22.7 Å². The molecule has 1 aromatic rings.